The summed E-state index contributed by atoms with van der Waals surface area (Å²) in [4.78, 5) is 0. The van der Waals surface area contributed by atoms with Crippen molar-refractivity contribution in [3.8, 4) is 0 Å². The predicted molar refractivity (Wildman–Crippen MR) is 81.5 cm³/mol. The Labute approximate surface area is 117 Å². The highest BCUT2D eigenvalue weighted by Gasteiger charge is 2.20. The molecule has 1 aromatic rings. The van der Waals surface area contributed by atoms with Crippen LogP contribution in [0.4, 0.5) is 0 Å². The van der Waals surface area contributed by atoms with Crippen LogP contribution < -0.4 is 0 Å². The lowest BCUT2D eigenvalue weighted by Gasteiger charge is -2.27. The third-order valence-electron chi connectivity index (χ3n) is 4.30. The van der Waals surface area contributed by atoms with Gasteiger partial charge in [0.2, 0.25) is 0 Å². The molecule has 0 heterocycles. The van der Waals surface area contributed by atoms with E-state index in [1.54, 1.807) is 7.11 Å². The third-order valence-corrected chi connectivity index (χ3v) is 4.30. The monoisotopic (exact) mass is 258 g/mol. The minimum absolute atomic E-state index is 0.748. The van der Waals surface area contributed by atoms with Crippen molar-refractivity contribution in [2.75, 3.05) is 13.7 Å². The van der Waals surface area contributed by atoms with Crippen LogP contribution in [0.15, 0.2) is 36.4 Å². The minimum atomic E-state index is 0.748. The second kappa shape index (κ2) is 7.49. The normalized spacial score (nSPS) is 23.9. The Morgan fingerprint density at radius 2 is 1.79 bits per heavy atom. The van der Waals surface area contributed by atoms with Crippen molar-refractivity contribution in [1.29, 1.82) is 0 Å². The number of rotatable bonds is 5. The van der Waals surface area contributed by atoms with Gasteiger partial charge >= 0.3 is 0 Å². The largest absolute Gasteiger partial charge is 0.381 e. The first-order valence-corrected chi connectivity index (χ1v) is 7.58. The standard InChI is InChI=1S/C18H26O/c1-3-15-6-10-17(11-7-15)18-12-8-16(9-13-18)5-4-14-19-2/h4-7,10-11,16,18H,3,8-9,12-14H2,1-2H3/b5-4+/t16-,18-. The van der Waals surface area contributed by atoms with E-state index in [1.165, 1.54) is 36.8 Å². The Hall–Kier alpha value is -1.08. The number of methoxy groups -OCH3 is 1. The van der Waals surface area contributed by atoms with Gasteiger partial charge in [-0.15, -0.1) is 0 Å². The predicted octanol–water partition coefficient (Wildman–Crippen LogP) is 4.73. The zero-order valence-electron chi connectivity index (χ0n) is 12.3. The van der Waals surface area contributed by atoms with Crippen molar-refractivity contribution >= 4 is 0 Å². The van der Waals surface area contributed by atoms with Crippen LogP contribution in [0.3, 0.4) is 0 Å². The van der Waals surface area contributed by atoms with Crippen LogP contribution in [0.25, 0.3) is 0 Å². The molecule has 1 nitrogen and oxygen atoms in total. The fourth-order valence-corrected chi connectivity index (χ4v) is 3.01. The van der Waals surface area contributed by atoms with Crippen molar-refractivity contribution in [1.82, 2.24) is 0 Å². The molecule has 1 fully saturated rings. The van der Waals surface area contributed by atoms with Crippen molar-refractivity contribution in [3.63, 3.8) is 0 Å². The summed E-state index contributed by atoms with van der Waals surface area (Å²) in [5.41, 5.74) is 2.98. The van der Waals surface area contributed by atoms with Gasteiger partial charge in [0.25, 0.3) is 0 Å². The molecule has 0 N–H and O–H groups in total. The highest BCUT2D eigenvalue weighted by atomic mass is 16.5. The van der Waals surface area contributed by atoms with Crippen LogP contribution in [0, 0.1) is 5.92 Å². The molecule has 1 heteroatoms. The van der Waals surface area contributed by atoms with Crippen LogP contribution in [-0.2, 0) is 11.2 Å². The van der Waals surface area contributed by atoms with Crippen molar-refractivity contribution in [2.24, 2.45) is 5.92 Å². The zero-order valence-corrected chi connectivity index (χ0v) is 12.3. The Kier molecular flexibility index (Phi) is 5.65. The maximum absolute atomic E-state index is 5.06. The molecule has 0 atom stereocenters. The average molecular weight is 258 g/mol. The SMILES string of the molecule is CCc1ccc([C@H]2CC[C@H](/C=C/COC)CC2)cc1. The molecule has 0 aliphatic heterocycles. The highest BCUT2D eigenvalue weighted by Crippen LogP contribution is 2.36. The quantitative estimate of drug-likeness (QED) is 0.694. The molecule has 0 spiro atoms. The molecule has 0 amide bonds. The summed E-state index contributed by atoms with van der Waals surface area (Å²) in [7, 11) is 1.75. The lowest BCUT2D eigenvalue weighted by molar-refractivity contribution is 0.233. The number of ether oxygens (including phenoxy) is 1. The molecule has 1 aliphatic carbocycles. The molecule has 0 unspecified atom stereocenters. The first-order valence-electron chi connectivity index (χ1n) is 7.58. The van der Waals surface area contributed by atoms with Crippen molar-refractivity contribution in [2.45, 2.75) is 44.9 Å². The topological polar surface area (TPSA) is 9.23 Å². The van der Waals surface area contributed by atoms with Crippen LogP contribution in [0.1, 0.15) is 49.7 Å². The van der Waals surface area contributed by atoms with E-state index in [4.69, 9.17) is 4.74 Å². The van der Waals surface area contributed by atoms with Crippen LogP contribution in [0.2, 0.25) is 0 Å². The maximum Gasteiger partial charge on any atom is 0.0643 e. The van der Waals surface area contributed by atoms with Gasteiger partial charge in [-0.3, -0.25) is 0 Å². The number of benzene rings is 1. The number of aryl methyl sites for hydroxylation is 1. The van der Waals surface area contributed by atoms with Crippen LogP contribution in [-0.4, -0.2) is 13.7 Å². The second-order valence-electron chi connectivity index (χ2n) is 5.59. The van der Waals surface area contributed by atoms with Crippen molar-refractivity contribution < 1.29 is 4.74 Å². The fourth-order valence-electron chi connectivity index (χ4n) is 3.01. The van der Waals surface area contributed by atoms with Gasteiger partial charge in [0, 0.05) is 7.11 Å². The van der Waals surface area contributed by atoms with Gasteiger partial charge in [-0.1, -0.05) is 43.3 Å². The third kappa shape index (κ3) is 4.21. The Morgan fingerprint density at radius 3 is 2.37 bits per heavy atom. The summed E-state index contributed by atoms with van der Waals surface area (Å²) < 4.78 is 5.06. The molecule has 2 rings (SSSR count). The first kappa shape index (κ1) is 14.3. The molecule has 104 valence electrons. The summed E-state index contributed by atoms with van der Waals surface area (Å²) in [6, 6.07) is 9.26. The molecule has 0 aromatic heterocycles. The lowest BCUT2D eigenvalue weighted by Crippen LogP contribution is -2.11. The van der Waals surface area contributed by atoms with E-state index in [0.717, 1.165) is 24.9 Å². The van der Waals surface area contributed by atoms with Gasteiger partial charge in [0.05, 0.1) is 6.61 Å². The molecule has 0 radical (unpaired) electrons. The van der Waals surface area contributed by atoms with E-state index >= 15 is 0 Å². The van der Waals surface area contributed by atoms with E-state index in [9.17, 15) is 0 Å². The molecule has 0 saturated heterocycles. The first-order chi connectivity index (χ1) is 9.33. The van der Waals surface area contributed by atoms with E-state index in [0.29, 0.717) is 0 Å². The van der Waals surface area contributed by atoms with Crippen LogP contribution >= 0.6 is 0 Å². The molecule has 1 aromatic carbocycles. The summed E-state index contributed by atoms with van der Waals surface area (Å²) >= 11 is 0. The van der Waals surface area contributed by atoms with Gasteiger partial charge in [-0.05, 0) is 55.1 Å². The summed E-state index contributed by atoms with van der Waals surface area (Å²) in [5.74, 6) is 1.54. The minimum Gasteiger partial charge on any atom is -0.381 e. The van der Waals surface area contributed by atoms with E-state index in [1.807, 2.05) is 0 Å². The lowest BCUT2D eigenvalue weighted by atomic mass is 9.78. The maximum atomic E-state index is 5.06. The smallest absolute Gasteiger partial charge is 0.0643 e. The number of allylic oxidation sites excluding steroid dienone is 1. The van der Waals surface area contributed by atoms with Gasteiger partial charge in [-0.25, -0.2) is 0 Å². The molecular weight excluding hydrogens is 232 g/mol. The highest BCUT2D eigenvalue weighted by molar-refractivity contribution is 5.25. The van der Waals surface area contributed by atoms with Gasteiger partial charge in [0.1, 0.15) is 0 Å². The molecular formula is C18H26O. The Bertz CT molecular complexity index is 383. The Balaban J connectivity index is 1.85. The molecule has 0 bridgehead atoms. The second-order valence-corrected chi connectivity index (χ2v) is 5.59. The molecule has 19 heavy (non-hydrogen) atoms. The van der Waals surface area contributed by atoms with Gasteiger partial charge < -0.3 is 4.74 Å². The number of hydrogen-bond acceptors (Lipinski definition) is 1. The summed E-state index contributed by atoms with van der Waals surface area (Å²) in [5, 5.41) is 0. The number of hydrogen-bond donors (Lipinski definition) is 0. The van der Waals surface area contributed by atoms with E-state index < -0.39 is 0 Å². The van der Waals surface area contributed by atoms with Gasteiger partial charge in [0.15, 0.2) is 0 Å². The Morgan fingerprint density at radius 1 is 1.11 bits per heavy atom. The van der Waals surface area contributed by atoms with Gasteiger partial charge in [-0.2, -0.15) is 0 Å². The average Bonchev–Trinajstić information content (AvgIpc) is 2.48. The van der Waals surface area contributed by atoms with E-state index in [-0.39, 0.29) is 0 Å². The van der Waals surface area contributed by atoms with Crippen molar-refractivity contribution in [3.05, 3.63) is 47.5 Å². The summed E-state index contributed by atoms with van der Waals surface area (Å²) in [6.45, 7) is 2.96. The summed E-state index contributed by atoms with van der Waals surface area (Å²) in [6.07, 6.45) is 10.9. The molecule has 1 saturated carbocycles. The van der Waals surface area contributed by atoms with Crippen LogP contribution in [0.5, 0.6) is 0 Å². The fraction of sp³-hybridized carbons (Fsp3) is 0.556. The molecule has 1 aliphatic rings. The van der Waals surface area contributed by atoms with E-state index in [2.05, 4.69) is 43.3 Å². The zero-order chi connectivity index (χ0) is 13.5.